The van der Waals surface area contributed by atoms with E-state index in [4.69, 9.17) is 0 Å². The van der Waals surface area contributed by atoms with Crippen LogP contribution in [0.2, 0.25) is 0 Å². The van der Waals surface area contributed by atoms with Crippen LogP contribution in [0.5, 0.6) is 0 Å². The lowest BCUT2D eigenvalue weighted by atomic mass is 10.7. The Morgan fingerprint density at radius 3 is 2.67 bits per heavy atom. The summed E-state index contributed by atoms with van der Waals surface area (Å²) in [7, 11) is 0. The average molecular weight is 80.1 g/mol. The normalized spacial score (nSPS) is 8.00. The lowest BCUT2D eigenvalue weighted by Gasteiger charge is -1.66. The van der Waals surface area contributed by atoms with Crippen molar-refractivity contribution in [2.45, 2.75) is 0 Å². The summed E-state index contributed by atoms with van der Waals surface area (Å²) in [6, 6.07) is 1.59. The number of nitrogens with zero attached hydrogens (tertiary/aromatic N) is 3. The Balaban J connectivity index is 3.00. The summed E-state index contributed by atoms with van der Waals surface area (Å²) < 4.78 is 0. The molecule has 0 aliphatic carbocycles. The molecular formula is C3H2N3. The van der Waals surface area contributed by atoms with Crippen molar-refractivity contribution >= 4 is 0 Å². The molecule has 29 valence electrons. The first-order valence-electron chi connectivity index (χ1n) is 1.50. The smallest absolute Gasteiger partial charge is 0.117 e. The summed E-state index contributed by atoms with van der Waals surface area (Å²) in [6.07, 6.45) is 3.99. The van der Waals surface area contributed by atoms with E-state index in [1.54, 1.807) is 6.07 Å². The van der Waals surface area contributed by atoms with Crippen LogP contribution < -0.4 is 0 Å². The summed E-state index contributed by atoms with van der Waals surface area (Å²) in [5.74, 6) is 0. The molecule has 0 aliphatic heterocycles. The van der Waals surface area contributed by atoms with Crippen LogP contribution in [0.4, 0.5) is 0 Å². The number of hydrogen-bond donors (Lipinski definition) is 0. The first-order chi connectivity index (χ1) is 3.00. The maximum Gasteiger partial charge on any atom is 0.117 e. The van der Waals surface area contributed by atoms with E-state index in [0.717, 1.165) is 0 Å². The van der Waals surface area contributed by atoms with Crippen LogP contribution in [0.3, 0.4) is 0 Å². The van der Waals surface area contributed by atoms with Crippen LogP contribution in [0.25, 0.3) is 0 Å². The Hall–Kier alpha value is -0.990. The molecule has 3 heteroatoms. The lowest BCUT2D eigenvalue weighted by molar-refractivity contribution is 0.860. The Kier molecular flexibility index (Phi) is 0.774. The molecule has 0 saturated heterocycles. The minimum atomic E-state index is 1.52. The highest BCUT2D eigenvalue weighted by atomic mass is 15.3. The van der Waals surface area contributed by atoms with Gasteiger partial charge in [0.05, 0.1) is 6.20 Å². The van der Waals surface area contributed by atoms with Crippen molar-refractivity contribution in [1.29, 1.82) is 0 Å². The van der Waals surface area contributed by atoms with Crippen molar-refractivity contribution in [2.75, 3.05) is 0 Å². The van der Waals surface area contributed by atoms with E-state index in [2.05, 4.69) is 21.6 Å². The van der Waals surface area contributed by atoms with Crippen LogP contribution in [0, 0.1) is 6.20 Å². The second-order valence-corrected chi connectivity index (χ2v) is 0.750. The minimum Gasteiger partial charge on any atom is -0.139 e. The van der Waals surface area contributed by atoms with Gasteiger partial charge in [-0.05, 0) is 11.3 Å². The summed E-state index contributed by atoms with van der Waals surface area (Å²) in [4.78, 5) is 0. The Labute approximate surface area is 35.0 Å². The number of rotatable bonds is 0. The number of hydrogen-bond acceptors (Lipinski definition) is 3. The summed E-state index contributed by atoms with van der Waals surface area (Å²) >= 11 is 0. The van der Waals surface area contributed by atoms with Crippen LogP contribution in [-0.4, -0.2) is 15.4 Å². The molecule has 0 bridgehead atoms. The molecule has 1 radical (unpaired) electrons. The van der Waals surface area contributed by atoms with E-state index in [1.807, 2.05) is 0 Å². The SMILES string of the molecule is [c]1ccnnn1. The second kappa shape index (κ2) is 1.45. The van der Waals surface area contributed by atoms with Crippen LogP contribution in [0.15, 0.2) is 12.3 Å². The predicted molar refractivity (Wildman–Crippen MR) is 18.7 cm³/mol. The first kappa shape index (κ1) is 3.21. The quantitative estimate of drug-likeness (QED) is 0.428. The highest BCUT2D eigenvalue weighted by molar-refractivity contribution is 4.66. The van der Waals surface area contributed by atoms with E-state index >= 15 is 0 Å². The van der Waals surface area contributed by atoms with Gasteiger partial charge in [0.15, 0.2) is 0 Å². The molecule has 0 aliphatic rings. The van der Waals surface area contributed by atoms with Gasteiger partial charge < -0.3 is 0 Å². The molecule has 0 atom stereocenters. The molecule has 1 aromatic rings. The zero-order chi connectivity index (χ0) is 4.24. The summed E-state index contributed by atoms with van der Waals surface area (Å²) in [6.45, 7) is 0. The maximum atomic E-state index is 3.39. The molecule has 6 heavy (non-hydrogen) atoms. The van der Waals surface area contributed by atoms with Gasteiger partial charge in [0, 0.05) is 0 Å². The zero-order valence-electron chi connectivity index (χ0n) is 3.00. The molecule has 0 amide bonds. The summed E-state index contributed by atoms with van der Waals surface area (Å²) in [5, 5.41) is 9.92. The maximum absolute atomic E-state index is 3.39. The monoisotopic (exact) mass is 80.0 g/mol. The van der Waals surface area contributed by atoms with Crippen LogP contribution in [0.1, 0.15) is 0 Å². The molecule has 1 heterocycles. The molecule has 0 fully saturated rings. The third-order valence-electron chi connectivity index (χ3n) is 0.370. The van der Waals surface area contributed by atoms with Gasteiger partial charge in [0.2, 0.25) is 0 Å². The Bertz CT molecular complexity index is 78.0. The highest BCUT2D eigenvalue weighted by Crippen LogP contribution is 1.60. The third-order valence-corrected chi connectivity index (χ3v) is 0.370. The van der Waals surface area contributed by atoms with Crippen molar-refractivity contribution in [3.05, 3.63) is 18.5 Å². The highest BCUT2D eigenvalue weighted by Gasteiger charge is 1.62. The molecule has 0 unspecified atom stereocenters. The molecule has 0 N–H and O–H groups in total. The van der Waals surface area contributed by atoms with E-state index in [-0.39, 0.29) is 0 Å². The first-order valence-corrected chi connectivity index (χ1v) is 1.50. The summed E-state index contributed by atoms with van der Waals surface area (Å²) in [5.41, 5.74) is 0. The Morgan fingerprint density at radius 2 is 2.50 bits per heavy atom. The van der Waals surface area contributed by atoms with E-state index in [1.165, 1.54) is 6.20 Å². The molecule has 0 aromatic carbocycles. The predicted octanol–water partition coefficient (Wildman–Crippen LogP) is -0.328. The fourth-order valence-corrected chi connectivity index (χ4v) is 0.181. The van der Waals surface area contributed by atoms with E-state index in [9.17, 15) is 0 Å². The van der Waals surface area contributed by atoms with Gasteiger partial charge in [0.25, 0.3) is 0 Å². The van der Waals surface area contributed by atoms with Crippen LogP contribution in [-0.2, 0) is 0 Å². The topological polar surface area (TPSA) is 38.7 Å². The van der Waals surface area contributed by atoms with Gasteiger partial charge in [-0.3, -0.25) is 0 Å². The standard InChI is InChI=1S/C3H2N3/c1-2-4-6-5-3-1/h1-2H. The third kappa shape index (κ3) is 0.484. The van der Waals surface area contributed by atoms with Gasteiger partial charge >= 0.3 is 0 Å². The number of aromatic nitrogens is 3. The van der Waals surface area contributed by atoms with Crippen molar-refractivity contribution in [1.82, 2.24) is 15.4 Å². The van der Waals surface area contributed by atoms with Crippen LogP contribution >= 0.6 is 0 Å². The van der Waals surface area contributed by atoms with Gasteiger partial charge in [0.1, 0.15) is 6.20 Å². The van der Waals surface area contributed by atoms with Gasteiger partial charge in [-0.25, -0.2) is 0 Å². The largest absolute Gasteiger partial charge is 0.139 e. The molecule has 0 spiro atoms. The fraction of sp³-hybridized carbons (Fsp3) is 0. The van der Waals surface area contributed by atoms with Crippen molar-refractivity contribution in [2.24, 2.45) is 0 Å². The van der Waals surface area contributed by atoms with Crippen molar-refractivity contribution < 1.29 is 0 Å². The fourth-order valence-electron chi connectivity index (χ4n) is 0.181. The second-order valence-electron chi connectivity index (χ2n) is 0.750. The Morgan fingerprint density at radius 1 is 1.50 bits per heavy atom. The zero-order valence-corrected chi connectivity index (χ0v) is 3.00. The molecule has 1 rings (SSSR count). The molecular weight excluding hydrogens is 78.1 g/mol. The van der Waals surface area contributed by atoms with Gasteiger partial charge in [-0.15, -0.1) is 10.2 Å². The van der Waals surface area contributed by atoms with Crippen molar-refractivity contribution in [3.8, 4) is 0 Å². The van der Waals surface area contributed by atoms with Gasteiger partial charge in [-0.1, -0.05) is 0 Å². The lowest BCUT2D eigenvalue weighted by Crippen LogP contribution is -1.78. The average Bonchev–Trinajstić information content (AvgIpc) is 1.72. The van der Waals surface area contributed by atoms with E-state index < -0.39 is 0 Å². The van der Waals surface area contributed by atoms with Gasteiger partial charge in [-0.2, -0.15) is 0 Å². The molecule has 0 saturated carbocycles. The minimum absolute atomic E-state index is 1.52. The van der Waals surface area contributed by atoms with Crippen molar-refractivity contribution in [3.63, 3.8) is 0 Å². The molecule has 1 aromatic heterocycles. The molecule has 3 nitrogen and oxygen atoms in total. The van der Waals surface area contributed by atoms with E-state index in [0.29, 0.717) is 0 Å².